The molecule has 3 N–H and O–H groups in total. The van der Waals surface area contributed by atoms with E-state index in [-0.39, 0.29) is 12.4 Å². The van der Waals surface area contributed by atoms with Crippen LogP contribution in [-0.4, -0.2) is 55.3 Å². The van der Waals surface area contributed by atoms with Crippen LogP contribution in [0.4, 0.5) is 4.39 Å². The first-order valence-electron chi connectivity index (χ1n) is 10.9. The van der Waals surface area contributed by atoms with Gasteiger partial charge in [-0.3, -0.25) is 9.89 Å². The molecule has 1 unspecified atom stereocenters. The van der Waals surface area contributed by atoms with Crippen molar-refractivity contribution in [2.75, 3.05) is 33.3 Å². The highest BCUT2D eigenvalue weighted by molar-refractivity contribution is 5.80. The molecule has 0 aromatic heterocycles. The van der Waals surface area contributed by atoms with E-state index >= 15 is 0 Å². The zero-order valence-electron chi connectivity index (χ0n) is 18.4. The SMILES string of the molecule is CCNC(=NCC(O)c1cccc(OC)c1)NC1CCN(Cc2ccc(F)cc2)CC1. The molecule has 0 aliphatic carbocycles. The molecule has 3 rings (SSSR count). The number of hydrogen-bond acceptors (Lipinski definition) is 4. The minimum Gasteiger partial charge on any atom is -0.497 e. The molecule has 0 spiro atoms. The molecule has 0 saturated carbocycles. The molecule has 1 saturated heterocycles. The summed E-state index contributed by atoms with van der Waals surface area (Å²) in [4.78, 5) is 6.98. The molecule has 31 heavy (non-hydrogen) atoms. The van der Waals surface area contributed by atoms with Gasteiger partial charge in [0.25, 0.3) is 0 Å². The Morgan fingerprint density at radius 1 is 1.23 bits per heavy atom. The quantitative estimate of drug-likeness (QED) is 0.445. The lowest BCUT2D eigenvalue weighted by Gasteiger charge is -2.33. The maximum atomic E-state index is 13.1. The first-order chi connectivity index (χ1) is 15.1. The third-order valence-electron chi connectivity index (χ3n) is 5.49. The molecule has 0 amide bonds. The van der Waals surface area contributed by atoms with Crippen molar-refractivity contribution in [2.24, 2.45) is 4.99 Å². The summed E-state index contributed by atoms with van der Waals surface area (Å²) >= 11 is 0. The summed E-state index contributed by atoms with van der Waals surface area (Å²) in [5, 5.41) is 17.3. The van der Waals surface area contributed by atoms with E-state index in [0.717, 1.165) is 61.9 Å². The van der Waals surface area contributed by atoms with Gasteiger partial charge in [-0.2, -0.15) is 0 Å². The van der Waals surface area contributed by atoms with Gasteiger partial charge >= 0.3 is 0 Å². The average molecular weight is 429 g/mol. The Labute approximate surface area is 184 Å². The van der Waals surface area contributed by atoms with Gasteiger partial charge in [0.15, 0.2) is 5.96 Å². The molecule has 1 heterocycles. The van der Waals surface area contributed by atoms with Crippen LogP contribution in [0.3, 0.4) is 0 Å². The van der Waals surface area contributed by atoms with Crippen molar-refractivity contribution in [1.29, 1.82) is 0 Å². The zero-order chi connectivity index (χ0) is 22.1. The smallest absolute Gasteiger partial charge is 0.191 e. The van der Waals surface area contributed by atoms with Crippen molar-refractivity contribution in [3.63, 3.8) is 0 Å². The van der Waals surface area contributed by atoms with Crippen molar-refractivity contribution in [3.8, 4) is 5.75 Å². The fourth-order valence-electron chi connectivity index (χ4n) is 3.73. The maximum absolute atomic E-state index is 13.1. The number of aliphatic hydroxyl groups excluding tert-OH is 1. The summed E-state index contributed by atoms with van der Waals surface area (Å²) in [5.74, 6) is 1.25. The second kappa shape index (κ2) is 11.7. The summed E-state index contributed by atoms with van der Waals surface area (Å²) in [5.41, 5.74) is 1.92. The van der Waals surface area contributed by atoms with Gasteiger partial charge in [-0.15, -0.1) is 0 Å². The number of nitrogens with zero attached hydrogens (tertiary/aromatic N) is 2. The molecule has 0 radical (unpaired) electrons. The van der Waals surface area contributed by atoms with Gasteiger partial charge < -0.3 is 20.5 Å². The lowest BCUT2D eigenvalue weighted by Crippen LogP contribution is -2.48. The maximum Gasteiger partial charge on any atom is 0.191 e. The molecule has 1 atom stereocenters. The Morgan fingerprint density at radius 3 is 2.65 bits per heavy atom. The minimum absolute atomic E-state index is 0.196. The molecule has 2 aromatic rings. The van der Waals surface area contributed by atoms with Crippen LogP contribution in [-0.2, 0) is 6.54 Å². The number of aliphatic hydroxyl groups is 1. The largest absolute Gasteiger partial charge is 0.497 e. The number of likely N-dealkylation sites (tertiary alicyclic amines) is 1. The van der Waals surface area contributed by atoms with Crippen LogP contribution in [0, 0.1) is 5.82 Å². The fraction of sp³-hybridized carbons (Fsp3) is 0.458. The molecule has 1 aliphatic heterocycles. The van der Waals surface area contributed by atoms with Crippen molar-refractivity contribution in [1.82, 2.24) is 15.5 Å². The van der Waals surface area contributed by atoms with Crippen LogP contribution in [0.5, 0.6) is 5.75 Å². The third kappa shape index (κ3) is 7.22. The Balaban J connectivity index is 1.49. The first-order valence-corrected chi connectivity index (χ1v) is 10.9. The molecule has 1 aliphatic rings. The fourth-order valence-corrected chi connectivity index (χ4v) is 3.73. The van der Waals surface area contributed by atoms with E-state index < -0.39 is 6.10 Å². The molecule has 0 bridgehead atoms. The number of rotatable bonds is 8. The van der Waals surface area contributed by atoms with E-state index in [9.17, 15) is 9.50 Å². The van der Waals surface area contributed by atoms with E-state index in [0.29, 0.717) is 6.04 Å². The highest BCUT2D eigenvalue weighted by Gasteiger charge is 2.20. The monoisotopic (exact) mass is 428 g/mol. The van der Waals surface area contributed by atoms with Crippen LogP contribution in [0.2, 0.25) is 0 Å². The molecule has 7 heteroatoms. The highest BCUT2D eigenvalue weighted by Crippen LogP contribution is 2.19. The number of piperidine rings is 1. The Kier molecular flexibility index (Phi) is 8.67. The lowest BCUT2D eigenvalue weighted by molar-refractivity contribution is 0.186. The normalized spacial score (nSPS) is 16.7. The summed E-state index contributed by atoms with van der Waals surface area (Å²) < 4.78 is 18.3. The molecule has 6 nitrogen and oxygen atoms in total. The molecular weight excluding hydrogens is 395 g/mol. The number of methoxy groups -OCH3 is 1. The van der Waals surface area contributed by atoms with Crippen LogP contribution < -0.4 is 15.4 Å². The van der Waals surface area contributed by atoms with Gasteiger partial charge in [-0.05, 0) is 55.2 Å². The Bertz CT molecular complexity index is 836. The second-order valence-electron chi connectivity index (χ2n) is 7.83. The lowest BCUT2D eigenvalue weighted by atomic mass is 10.0. The van der Waals surface area contributed by atoms with Gasteiger partial charge in [0.05, 0.1) is 19.8 Å². The first kappa shape index (κ1) is 23.0. The number of ether oxygens (including phenoxy) is 1. The summed E-state index contributed by atoms with van der Waals surface area (Å²) in [6.07, 6.45) is 1.32. The van der Waals surface area contributed by atoms with Gasteiger partial charge in [0.1, 0.15) is 11.6 Å². The standard InChI is InChI=1S/C24H33FN4O2/c1-3-26-24(27-16-23(30)19-5-4-6-22(15-19)31-2)28-21-11-13-29(14-12-21)17-18-7-9-20(25)10-8-18/h4-10,15,21,23,30H,3,11-14,16-17H2,1-2H3,(H2,26,27,28). The van der Waals surface area contributed by atoms with Crippen molar-refractivity contribution < 1.29 is 14.2 Å². The van der Waals surface area contributed by atoms with Crippen LogP contribution >= 0.6 is 0 Å². The van der Waals surface area contributed by atoms with Gasteiger partial charge in [-0.25, -0.2) is 4.39 Å². The molecule has 1 fully saturated rings. The molecule has 168 valence electrons. The topological polar surface area (TPSA) is 69.1 Å². The van der Waals surface area contributed by atoms with E-state index in [1.807, 2.05) is 43.3 Å². The highest BCUT2D eigenvalue weighted by atomic mass is 19.1. The molecule has 2 aromatic carbocycles. The van der Waals surface area contributed by atoms with Crippen molar-refractivity contribution in [3.05, 3.63) is 65.5 Å². The summed E-state index contributed by atoms with van der Waals surface area (Å²) in [7, 11) is 1.61. The van der Waals surface area contributed by atoms with E-state index in [2.05, 4.69) is 20.5 Å². The number of aliphatic imine (C=N–C) groups is 1. The number of nitrogens with one attached hydrogen (secondary N) is 2. The van der Waals surface area contributed by atoms with E-state index in [4.69, 9.17) is 4.74 Å². The number of guanidine groups is 1. The minimum atomic E-state index is -0.692. The van der Waals surface area contributed by atoms with Crippen molar-refractivity contribution in [2.45, 2.75) is 38.5 Å². The summed E-state index contributed by atoms with van der Waals surface area (Å²) in [6, 6.07) is 14.5. The van der Waals surface area contributed by atoms with Crippen molar-refractivity contribution >= 4 is 5.96 Å². The Morgan fingerprint density at radius 2 is 1.97 bits per heavy atom. The predicted molar refractivity (Wildman–Crippen MR) is 122 cm³/mol. The van der Waals surface area contributed by atoms with Crippen LogP contribution in [0.25, 0.3) is 0 Å². The van der Waals surface area contributed by atoms with Gasteiger partial charge in [-0.1, -0.05) is 24.3 Å². The van der Waals surface area contributed by atoms with Crippen LogP contribution in [0.1, 0.15) is 37.0 Å². The number of halogens is 1. The number of benzene rings is 2. The predicted octanol–water partition coefficient (Wildman–Crippen LogP) is 3.09. The van der Waals surface area contributed by atoms with Crippen LogP contribution in [0.15, 0.2) is 53.5 Å². The number of hydrogen-bond donors (Lipinski definition) is 3. The average Bonchev–Trinajstić information content (AvgIpc) is 2.80. The third-order valence-corrected chi connectivity index (χ3v) is 5.49. The summed E-state index contributed by atoms with van der Waals surface area (Å²) in [6.45, 7) is 5.84. The van der Waals surface area contributed by atoms with Gasteiger partial charge in [0.2, 0.25) is 0 Å². The molecular formula is C24H33FN4O2. The zero-order valence-corrected chi connectivity index (χ0v) is 18.4. The Hall–Kier alpha value is -2.64. The van der Waals surface area contributed by atoms with E-state index in [1.165, 1.54) is 12.1 Å². The van der Waals surface area contributed by atoms with E-state index in [1.54, 1.807) is 7.11 Å². The van der Waals surface area contributed by atoms with Gasteiger partial charge in [0, 0.05) is 32.2 Å². The second-order valence-corrected chi connectivity index (χ2v) is 7.83.